The second-order valence-corrected chi connectivity index (χ2v) is 5.98. The van der Waals surface area contributed by atoms with Crippen LogP contribution in [0.3, 0.4) is 0 Å². The van der Waals surface area contributed by atoms with Gasteiger partial charge in [-0.05, 0) is 36.2 Å². The minimum absolute atomic E-state index is 0.000666. The van der Waals surface area contributed by atoms with Crippen molar-refractivity contribution in [1.29, 1.82) is 0 Å². The highest BCUT2D eigenvalue weighted by atomic mass is 19.4. The molecule has 0 saturated carbocycles. The molecule has 0 spiro atoms. The Morgan fingerprint density at radius 3 is 2.35 bits per heavy atom. The molecule has 0 fully saturated rings. The van der Waals surface area contributed by atoms with E-state index in [4.69, 9.17) is 0 Å². The summed E-state index contributed by atoms with van der Waals surface area (Å²) in [5.41, 5.74) is -3.00. The molecule has 0 unspecified atom stereocenters. The maximum atomic E-state index is 13.5. The predicted octanol–water partition coefficient (Wildman–Crippen LogP) is 3.64. The topological polar surface area (TPSA) is 52.9 Å². The Morgan fingerprint density at radius 1 is 1.15 bits per heavy atom. The minimum atomic E-state index is -5.13. The van der Waals surface area contributed by atoms with Crippen molar-refractivity contribution in [3.05, 3.63) is 71.0 Å². The Morgan fingerprint density at radius 2 is 1.77 bits per heavy atom. The van der Waals surface area contributed by atoms with E-state index in [-0.39, 0.29) is 21.8 Å². The number of halogens is 4. The van der Waals surface area contributed by atoms with Gasteiger partial charge in [-0.15, -0.1) is 0 Å². The number of aryl methyl sites for hydroxylation is 1. The standard InChI is InChI=1S/C18H14F4N2O2/c1-11-4-2-3-5-14(11)16(25)24-17(26,18(20,21)22)10-15(23-24)12-6-8-13(19)9-7-12/h2-9,26H,10H2,1H3/t17-/m0/s1. The van der Waals surface area contributed by atoms with Crippen LogP contribution in [0.2, 0.25) is 0 Å². The fraction of sp³-hybridized carbons (Fsp3) is 0.222. The number of benzene rings is 2. The minimum Gasteiger partial charge on any atom is -0.362 e. The van der Waals surface area contributed by atoms with E-state index >= 15 is 0 Å². The van der Waals surface area contributed by atoms with Gasteiger partial charge in [-0.25, -0.2) is 4.39 Å². The molecule has 0 aliphatic carbocycles. The van der Waals surface area contributed by atoms with Gasteiger partial charge in [0.1, 0.15) is 5.82 Å². The lowest BCUT2D eigenvalue weighted by molar-refractivity contribution is -0.297. The zero-order valence-electron chi connectivity index (χ0n) is 13.6. The van der Waals surface area contributed by atoms with Crippen molar-refractivity contribution in [2.45, 2.75) is 25.2 Å². The summed E-state index contributed by atoms with van der Waals surface area (Å²) in [5.74, 6) is -1.63. The molecule has 0 aromatic heterocycles. The van der Waals surface area contributed by atoms with Crippen molar-refractivity contribution in [1.82, 2.24) is 5.01 Å². The number of alkyl halides is 3. The SMILES string of the molecule is Cc1ccccc1C(=O)N1N=C(c2ccc(F)cc2)C[C@]1(O)C(F)(F)F. The number of hydrogen-bond donors (Lipinski definition) is 1. The summed E-state index contributed by atoms with van der Waals surface area (Å²) in [6, 6.07) is 10.7. The third-order valence-corrected chi connectivity index (χ3v) is 4.18. The predicted molar refractivity (Wildman–Crippen MR) is 85.9 cm³/mol. The number of rotatable bonds is 2. The van der Waals surface area contributed by atoms with Crippen LogP contribution in [0, 0.1) is 12.7 Å². The van der Waals surface area contributed by atoms with E-state index in [1.807, 2.05) is 0 Å². The van der Waals surface area contributed by atoms with Gasteiger partial charge in [0.15, 0.2) is 0 Å². The number of aliphatic hydroxyl groups is 1. The number of carbonyl (C=O) groups is 1. The van der Waals surface area contributed by atoms with Crippen LogP contribution in [-0.2, 0) is 0 Å². The van der Waals surface area contributed by atoms with Gasteiger partial charge in [0, 0.05) is 5.56 Å². The molecule has 0 bridgehead atoms. The average Bonchev–Trinajstić information content (AvgIpc) is 2.94. The van der Waals surface area contributed by atoms with Crippen LogP contribution in [-0.4, -0.2) is 33.6 Å². The molecule has 26 heavy (non-hydrogen) atoms. The average molecular weight is 366 g/mol. The first kappa shape index (κ1) is 18.1. The van der Waals surface area contributed by atoms with E-state index in [9.17, 15) is 27.5 Å². The number of nitrogens with zero attached hydrogens (tertiary/aromatic N) is 2. The molecule has 8 heteroatoms. The van der Waals surface area contributed by atoms with E-state index in [1.54, 1.807) is 19.1 Å². The molecule has 2 aromatic rings. The van der Waals surface area contributed by atoms with Crippen molar-refractivity contribution in [2.24, 2.45) is 5.10 Å². The van der Waals surface area contributed by atoms with Crippen LogP contribution < -0.4 is 0 Å². The van der Waals surface area contributed by atoms with E-state index in [2.05, 4.69) is 5.10 Å². The third kappa shape index (κ3) is 2.96. The Balaban J connectivity index is 2.07. The third-order valence-electron chi connectivity index (χ3n) is 4.18. The monoisotopic (exact) mass is 366 g/mol. The molecule has 2 aromatic carbocycles. The lowest BCUT2D eigenvalue weighted by atomic mass is 10.00. The number of amides is 1. The highest BCUT2D eigenvalue weighted by Crippen LogP contribution is 2.42. The van der Waals surface area contributed by atoms with Gasteiger partial charge >= 0.3 is 6.18 Å². The van der Waals surface area contributed by atoms with E-state index in [0.29, 0.717) is 5.56 Å². The first-order valence-electron chi connectivity index (χ1n) is 7.66. The van der Waals surface area contributed by atoms with E-state index in [0.717, 1.165) is 12.1 Å². The van der Waals surface area contributed by atoms with Crippen molar-refractivity contribution < 1.29 is 27.5 Å². The Labute approximate surface area is 146 Å². The van der Waals surface area contributed by atoms with Crippen LogP contribution in [0.15, 0.2) is 53.6 Å². The van der Waals surface area contributed by atoms with Gasteiger partial charge in [0.2, 0.25) is 0 Å². The largest absolute Gasteiger partial charge is 0.438 e. The summed E-state index contributed by atoms with van der Waals surface area (Å²) in [4.78, 5) is 12.7. The zero-order valence-corrected chi connectivity index (χ0v) is 13.6. The number of hydrazone groups is 1. The normalized spacial score (nSPS) is 20.2. The first-order chi connectivity index (χ1) is 12.1. The van der Waals surface area contributed by atoms with Crippen LogP contribution in [0.1, 0.15) is 27.9 Å². The second-order valence-electron chi connectivity index (χ2n) is 5.98. The van der Waals surface area contributed by atoms with E-state index < -0.39 is 30.0 Å². The summed E-state index contributed by atoms with van der Waals surface area (Å²) >= 11 is 0. The van der Waals surface area contributed by atoms with Crippen LogP contribution in [0.5, 0.6) is 0 Å². The van der Waals surface area contributed by atoms with Gasteiger partial charge in [-0.3, -0.25) is 4.79 Å². The second kappa shape index (κ2) is 6.21. The van der Waals surface area contributed by atoms with Crippen molar-refractivity contribution in [2.75, 3.05) is 0 Å². The lowest BCUT2D eigenvalue weighted by Crippen LogP contribution is -2.56. The molecule has 136 valence electrons. The smallest absolute Gasteiger partial charge is 0.362 e. The van der Waals surface area contributed by atoms with Crippen LogP contribution >= 0.6 is 0 Å². The number of hydrogen-bond acceptors (Lipinski definition) is 3. The van der Waals surface area contributed by atoms with Gasteiger partial charge < -0.3 is 5.11 Å². The van der Waals surface area contributed by atoms with Gasteiger partial charge in [-0.1, -0.05) is 30.3 Å². The Hall–Kier alpha value is -2.74. The quantitative estimate of drug-likeness (QED) is 0.825. The molecule has 1 heterocycles. The van der Waals surface area contributed by atoms with E-state index in [1.165, 1.54) is 24.3 Å². The van der Waals surface area contributed by atoms with Crippen molar-refractivity contribution in [3.8, 4) is 0 Å². The summed E-state index contributed by atoms with van der Waals surface area (Å²) in [6.45, 7) is 1.57. The summed E-state index contributed by atoms with van der Waals surface area (Å²) in [5, 5.41) is 14.1. The molecule has 1 aliphatic rings. The highest BCUT2D eigenvalue weighted by molar-refractivity contribution is 6.05. The summed E-state index contributed by atoms with van der Waals surface area (Å²) < 4.78 is 53.7. The maximum Gasteiger partial charge on any atom is 0.438 e. The molecule has 1 aliphatic heterocycles. The van der Waals surface area contributed by atoms with Gasteiger partial charge in [0.25, 0.3) is 11.6 Å². The van der Waals surface area contributed by atoms with Crippen molar-refractivity contribution in [3.63, 3.8) is 0 Å². The molecule has 0 saturated heterocycles. The van der Waals surface area contributed by atoms with Crippen LogP contribution in [0.4, 0.5) is 17.6 Å². The summed E-state index contributed by atoms with van der Waals surface area (Å²) in [7, 11) is 0. The fourth-order valence-corrected chi connectivity index (χ4v) is 2.71. The summed E-state index contributed by atoms with van der Waals surface area (Å²) in [6.07, 6.45) is -6.07. The van der Waals surface area contributed by atoms with Gasteiger partial charge in [0.05, 0.1) is 12.1 Å². The lowest BCUT2D eigenvalue weighted by Gasteiger charge is -2.32. The van der Waals surface area contributed by atoms with Crippen LogP contribution in [0.25, 0.3) is 0 Å². The fourth-order valence-electron chi connectivity index (χ4n) is 2.71. The molecular formula is C18H14F4N2O2. The molecule has 0 radical (unpaired) electrons. The molecule has 1 N–H and O–H groups in total. The maximum absolute atomic E-state index is 13.5. The molecular weight excluding hydrogens is 352 g/mol. The first-order valence-corrected chi connectivity index (χ1v) is 7.66. The zero-order chi connectivity index (χ0) is 19.1. The molecule has 3 rings (SSSR count). The van der Waals surface area contributed by atoms with Gasteiger partial charge in [-0.2, -0.15) is 23.3 Å². The Kier molecular flexibility index (Phi) is 4.31. The Bertz CT molecular complexity index is 878. The highest BCUT2D eigenvalue weighted by Gasteiger charge is 2.63. The number of carbonyl (C=O) groups excluding carboxylic acids is 1. The molecule has 1 atom stereocenters. The molecule has 1 amide bonds. The van der Waals surface area contributed by atoms with Crippen molar-refractivity contribution >= 4 is 11.6 Å². The molecule has 4 nitrogen and oxygen atoms in total.